The van der Waals surface area contributed by atoms with E-state index in [2.05, 4.69) is 10.3 Å². The highest BCUT2D eigenvalue weighted by molar-refractivity contribution is 7.22. The predicted molar refractivity (Wildman–Crippen MR) is 78.0 cm³/mol. The molecule has 1 N–H and O–H groups in total. The van der Waals surface area contributed by atoms with E-state index < -0.39 is 35.9 Å². The summed E-state index contributed by atoms with van der Waals surface area (Å²) in [5, 5.41) is 14.4. The van der Waals surface area contributed by atoms with Crippen molar-refractivity contribution in [1.82, 2.24) is 4.98 Å². The van der Waals surface area contributed by atoms with Crippen LogP contribution in [0.15, 0.2) is 36.4 Å². The molecule has 0 saturated carbocycles. The zero-order valence-corrected chi connectivity index (χ0v) is 12.1. The highest BCUT2D eigenvalue weighted by atomic mass is 32.1. The first-order chi connectivity index (χ1) is 10.6. The standard InChI is InChI=1S/C15H12N2O4S/c18-13(11-8-5-6-9(21-8)12(11)14(19)20)17-15-16-7-3-1-2-4-10(7)22-15/h1-6,8-9,11-12H,(H,19,20)(H,16,17,18)/p-1/t8-,9+,11+,12+/m1/s1. The monoisotopic (exact) mass is 315 g/mol. The van der Waals surface area contributed by atoms with Gasteiger partial charge in [0.2, 0.25) is 5.91 Å². The zero-order valence-electron chi connectivity index (χ0n) is 11.3. The van der Waals surface area contributed by atoms with Gasteiger partial charge in [-0.25, -0.2) is 4.98 Å². The Morgan fingerprint density at radius 1 is 1.18 bits per heavy atom. The smallest absolute Gasteiger partial charge is 0.233 e. The second kappa shape index (κ2) is 4.89. The Labute approximate surface area is 129 Å². The van der Waals surface area contributed by atoms with Crippen LogP contribution in [-0.2, 0) is 14.3 Å². The topological polar surface area (TPSA) is 91.3 Å². The molecule has 2 aliphatic heterocycles. The minimum Gasteiger partial charge on any atom is -0.550 e. The first kappa shape index (κ1) is 13.4. The van der Waals surface area contributed by atoms with E-state index in [4.69, 9.17) is 4.74 Å². The van der Waals surface area contributed by atoms with Gasteiger partial charge in [-0.05, 0) is 12.1 Å². The molecule has 1 aromatic carbocycles. The van der Waals surface area contributed by atoms with Gasteiger partial charge in [0.1, 0.15) is 0 Å². The molecule has 2 aromatic rings. The number of benzene rings is 1. The molecule has 112 valence electrons. The van der Waals surface area contributed by atoms with Gasteiger partial charge in [0.05, 0.1) is 28.3 Å². The van der Waals surface area contributed by atoms with Gasteiger partial charge in [-0.15, -0.1) is 0 Å². The normalized spacial score (nSPS) is 29.1. The Morgan fingerprint density at radius 2 is 1.91 bits per heavy atom. The molecule has 7 heteroatoms. The maximum absolute atomic E-state index is 12.4. The third-order valence-corrected chi connectivity index (χ3v) is 4.95. The van der Waals surface area contributed by atoms with Gasteiger partial charge in [-0.3, -0.25) is 4.79 Å². The number of fused-ring (bicyclic) bond motifs is 3. The summed E-state index contributed by atoms with van der Waals surface area (Å²) in [5.41, 5.74) is 0.795. The molecule has 1 aromatic heterocycles. The second-order valence-corrected chi connectivity index (χ2v) is 6.33. The third-order valence-electron chi connectivity index (χ3n) is 4.00. The minimum absolute atomic E-state index is 0.398. The number of amides is 1. The van der Waals surface area contributed by atoms with Crippen LogP contribution in [0, 0.1) is 11.8 Å². The van der Waals surface area contributed by atoms with Crippen molar-refractivity contribution in [1.29, 1.82) is 0 Å². The quantitative estimate of drug-likeness (QED) is 0.835. The number of ether oxygens (including phenoxy) is 1. The molecule has 22 heavy (non-hydrogen) atoms. The van der Waals surface area contributed by atoms with E-state index >= 15 is 0 Å². The number of rotatable bonds is 3. The number of carbonyl (C=O) groups is 2. The molecular formula is C15H11N2O4S-. The fourth-order valence-electron chi connectivity index (χ4n) is 3.02. The van der Waals surface area contributed by atoms with Crippen LogP contribution in [0.25, 0.3) is 10.2 Å². The zero-order chi connectivity index (χ0) is 15.3. The molecule has 0 unspecified atom stereocenters. The molecule has 4 rings (SSSR count). The van der Waals surface area contributed by atoms with Crippen molar-refractivity contribution in [3.05, 3.63) is 36.4 Å². The molecule has 0 radical (unpaired) electrons. The van der Waals surface area contributed by atoms with Crippen LogP contribution in [0.3, 0.4) is 0 Å². The van der Waals surface area contributed by atoms with E-state index in [1.54, 1.807) is 12.2 Å². The second-order valence-electron chi connectivity index (χ2n) is 5.30. The van der Waals surface area contributed by atoms with E-state index in [0.29, 0.717) is 5.13 Å². The van der Waals surface area contributed by atoms with Crippen LogP contribution in [0.4, 0.5) is 5.13 Å². The molecule has 0 spiro atoms. The summed E-state index contributed by atoms with van der Waals surface area (Å²) in [5.74, 6) is -3.40. The lowest BCUT2D eigenvalue weighted by Gasteiger charge is -2.24. The lowest BCUT2D eigenvalue weighted by Crippen LogP contribution is -2.45. The molecule has 3 heterocycles. The molecule has 6 nitrogen and oxygen atoms in total. The molecule has 1 amide bonds. The number of para-hydroxylation sites is 1. The largest absolute Gasteiger partial charge is 0.550 e. The molecule has 1 saturated heterocycles. The van der Waals surface area contributed by atoms with Crippen molar-refractivity contribution in [2.75, 3.05) is 5.32 Å². The number of carboxylic acids is 1. The number of thiazole rings is 1. The van der Waals surface area contributed by atoms with E-state index in [9.17, 15) is 14.7 Å². The Balaban J connectivity index is 1.59. The molecule has 2 bridgehead atoms. The summed E-state index contributed by atoms with van der Waals surface area (Å²) in [6, 6.07) is 7.53. The van der Waals surface area contributed by atoms with E-state index in [-0.39, 0.29) is 0 Å². The summed E-state index contributed by atoms with van der Waals surface area (Å²) in [6.45, 7) is 0. The average Bonchev–Trinajstić information content (AvgIpc) is 3.19. The van der Waals surface area contributed by atoms with Crippen LogP contribution in [0.1, 0.15) is 0 Å². The van der Waals surface area contributed by atoms with Crippen molar-refractivity contribution in [2.24, 2.45) is 11.8 Å². The third kappa shape index (κ3) is 2.01. The Kier molecular flexibility index (Phi) is 2.98. The highest BCUT2D eigenvalue weighted by Gasteiger charge is 2.50. The molecule has 2 aliphatic rings. The number of anilines is 1. The fraction of sp³-hybridized carbons (Fsp3) is 0.267. The van der Waals surface area contributed by atoms with Crippen molar-refractivity contribution in [2.45, 2.75) is 12.2 Å². The Hall–Kier alpha value is -2.25. The number of carbonyl (C=O) groups excluding carboxylic acids is 2. The highest BCUT2D eigenvalue weighted by Crippen LogP contribution is 2.39. The fourth-order valence-corrected chi connectivity index (χ4v) is 3.88. The summed E-state index contributed by atoms with van der Waals surface area (Å²) in [7, 11) is 0. The first-order valence-electron chi connectivity index (χ1n) is 6.84. The maximum atomic E-state index is 12.4. The molecular weight excluding hydrogens is 304 g/mol. The SMILES string of the molecule is O=C([O-])[C@@H]1[C@@H](C(=O)Nc2nc3ccccc3s2)[C@H]2C=C[C@@H]1O2. The Morgan fingerprint density at radius 3 is 2.64 bits per heavy atom. The number of aromatic nitrogens is 1. The molecule has 4 atom stereocenters. The van der Waals surface area contributed by atoms with E-state index in [0.717, 1.165) is 10.2 Å². The van der Waals surface area contributed by atoms with Gasteiger partial charge in [0.25, 0.3) is 0 Å². The van der Waals surface area contributed by atoms with Crippen LogP contribution in [0.2, 0.25) is 0 Å². The van der Waals surface area contributed by atoms with Crippen LogP contribution < -0.4 is 10.4 Å². The number of aliphatic carboxylic acids is 1. The number of hydrogen-bond acceptors (Lipinski definition) is 6. The van der Waals surface area contributed by atoms with Crippen LogP contribution >= 0.6 is 11.3 Å². The Bertz CT molecular complexity index is 767. The molecule has 1 fully saturated rings. The van der Waals surface area contributed by atoms with Crippen LogP contribution in [0.5, 0.6) is 0 Å². The summed E-state index contributed by atoms with van der Waals surface area (Å²) < 4.78 is 6.42. The van der Waals surface area contributed by atoms with Gasteiger partial charge >= 0.3 is 0 Å². The number of nitrogens with one attached hydrogen (secondary N) is 1. The minimum atomic E-state index is -1.26. The number of hydrogen-bond donors (Lipinski definition) is 1. The maximum Gasteiger partial charge on any atom is 0.233 e. The van der Waals surface area contributed by atoms with Gasteiger partial charge in [0.15, 0.2) is 5.13 Å². The number of carboxylic acid groups (broad SMARTS) is 1. The molecule has 0 aliphatic carbocycles. The summed E-state index contributed by atoms with van der Waals surface area (Å²) in [4.78, 5) is 28.0. The van der Waals surface area contributed by atoms with Gasteiger partial charge in [0, 0.05) is 11.9 Å². The predicted octanol–water partition coefficient (Wildman–Crippen LogP) is 0.554. The van der Waals surface area contributed by atoms with E-state index in [1.807, 2.05) is 24.3 Å². The van der Waals surface area contributed by atoms with Gasteiger partial charge in [-0.1, -0.05) is 35.6 Å². The van der Waals surface area contributed by atoms with Gasteiger partial charge < -0.3 is 20.0 Å². The van der Waals surface area contributed by atoms with Crippen LogP contribution in [-0.4, -0.2) is 29.1 Å². The first-order valence-corrected chi connectivity index (χ1v) is 7.66. The number of nitrogens with zero attached hydrogens (tertiary/aromatic N) is 1. The van der Waals surface area contributed by atoms with Crippen molar-refractivity contribution >= 4 is 38.6 Å². The lowest BCUT2D eigenvalue weighted by atomic mass is 9.82. The summed E-state index contributed by atoms with van der Waals surface area (Å²) >= 11 is 1.35. The lowest BCUT2D eigenvalue weighted by molar-refractivity contribution is -0.313. The average molecular weight is 315 g/mol. The summed E-state index contributed by atoms with van der Waals surface area (Å²) in [6.07, 6.45) is 2.31. The van der Waals surface area contributed by atoms with E-state index in [1.165, 1.54) is 11.3 Å². The van der Waals surface area contributed by atoms with Crippen molar-refractivity contribution in [3.63, 3.8) is 0 Å². The van der Waals surface area contributed by atoms with Crippen molar-refractivity contribution < 1.29 is 19.4 Å². The van der Waals surface area contributed by atoms with Crippen molar-refractivity contribution in [3.8, 4) is 0 Å². The van der Waals surface area contributed by atoms with Gasteiger partial charge in [-0.2, -0.15) is 0 Å².